The van der Waals surface area contributed by atoms with Crippen LogP contribution in [0, 0.1) is 23.7 Å². The average molecular weight is 409 g/mol. The van der Waals surface area contributed by atoms with Gasteiger partial charge in [-0.1, -0.05) is 38.8 Å². The van der Waals surface area contributed by atoms with Crippen molar-refractivity contribution >= 4 is 17.8 Å². The van der Waals surface area contributed by atoms with Gasteiger partial charge >= 0.3 is 5.97 Å². The first-order chi connectivity index (χ1) is 14.0. The molecule has 1 aliphatic carbocycles. The summed E-state index contributed by atoms with van der Waals surface area (Å²) in [6, 6.07) is -0.617. The van der Waals surface area contributed by atoms with Crippen LogP contribution in [0.4, 0.5) is 0 Å². The number of nitrogens with zero attached hydrogens (tertiary/aromatic N) is 1. The van der Waals surface area contributed by atoms with Crippen molar-refractivity contribution in [3.8, 4) is 0 Å². The van der Waals surface area contributed by atoms with Crippen molar-refractivity contribution < 1.29 is 24.2 Å². The molecule has 164 valence electrons. The molecule has 0 aromatic carbocycles. The topological polar surface area (TPSA) is 95.9 Å². The van der Waals surface area contributed by atoms with E-state index in [0.717, 1.165) is 19.3 Å². The van der Waals surface area contributed by atoms with E-state index in [1.54, 1.807) is 11.8 Å². The summed E-state index contributed by atoms with van der Waals surface area (Å²) < 4.78 is 5.25. The van der Waals surface area contributed by atoms with Crippen LogP contribution in [0.2, 0.25) is 0 Å². The number of hydrogen-bond acceptors (Lipinski definition) is 5. The molecule has 1 fully saturated rings. The monoisotopic (exact) mass is 408 g/mol. The van der Waals surface area contributed by atoms with E-state index >= 15 is 0 Å². The number of rotatable bonds is 11. The predicted molar refractivity (Wildman–Crippen MR) is 110 cm³/mol. The standard InChI is InChI=1S/C22H36N2O5/c1-4-6-7-12-23-20(26)19-16-11-10-15(3)17(22(28)29-5-2)18(16)21(27)24(19)13-8-9-14-25/h10-11,15-19,25H,4-9,12-14H2,1-3H3,(H,23,26)/t15-,16+,17-,18-,19+/m1/s1. The Hall–Kier alpha value is -1.89. The highest BCUT2D eigenvalue weighted by Gasteiger charge is 2.56. The number of unbranched alkanes of at least 4 members (excludes halogenated alkanes) is 3. The van der Waals surface area contributed by atoms with Gasteiger partial charge in [-0.05, 0) is 32.1 Å². The molecule has 2 rings (SSSR count). The molecular weight excluding hydrogens is 372 g/mol. The SMILES string of the molecule is CCCCCNC(=O)[C@@H]1[C@H]2C=C[C@@H](C)[C@@H](C(=O)OCC)[C@@H]2C(=O)N1CCCCO. The molecule has 0 unspecified atom stereocenters. The molecule has 1 aliphatic heterocycles. The molecule has 7 nitrogen and oxygen atoms in total. The smallest absolute Gasteiger partial charge is 0.310 e. The van der Waals surface area contributed by atoms with E-state index in [1.165, 1.54) is 0 Å². The molecule has 29 heavy (non-hydrogen) atoms. The van der Waals surface area contributed by atoms with E-state index in [2.05, 4.69) is 12.2 Å². The van der Waals surface area contributed by atoms with Crippen LogP contribution in [0.5, 0.6) is 0 Å². The van der Waals surface area contributed by atoms with Crippen molar-refractivity contribution in [3.05, 3.63) is 12.2 Å². The van der Waals surface area contributed by atoms with Crippen molar-refractivity contribution in [2.45, 2.75) is 58.9 Å². The van der Waals surface area contributed by atoms with Crippen LogP contribution in [0.25, 0.3) is 0 Å². The van der Waals surface area contributed by atoms with Crippen LogP contribution >= 0.6 is 0 Å². The highest BCUT2D eigenvalue weighted by atomic mass is 16.5. The molecule has 0 aromatic heterocycles. The van der Waals surface area contributed by atoms with Crippen molar-refractivity contribution in [2.24, 2.45) is 23.7 Å². The molecule has 0 spiro atoms. The fraction of sp³-hybridized carbons (Fsp3) is 0.773. The Morgan fingerprint density at radius 2 is 1.93 bits per heavy atom. The lowest BCUT2D eigenvalue weighted by Gasteiger charge is -2.32. The largest absolute Gasteiger partial charge is 0.466 e. The van der Waals surface area contributed by atoms with Crippen LogP contribution < -0.4 is 5.32 Å². The first-order valence-corrected chi connectivity index (χ1v) is 11.0. The van der Waals surface area contributed by atoms with Crippen LogP contribution in [0.15, 0.2) is 12.2 Å². The van der Waals surface area contributed by atoms with Crippen molar-refractivity contribution in [3.63, 3.8) is 0 Å². The third-order valence-electron chi connectivity index (χ3n) is 5.99. The van der Waals surface area contributed by atoms with Gasteiger partial charge in [-0.25, -0.2) is 0 Å². The van der Waals surface area contributed by atoms with E-state index in [0.29, 0.717) is 25.9 Å². The maximum Gasteiger partial charge on any atom is 0.310 e. The number of nitrogens with one attached hydrogen (secondary N) is 1. The first kappa shape index (κ1) is 23.4. The highest BCUT2D eigenvalue weighted by molar-refractivity contribution is 5.96. The van der Waals surface area contributed by atoms with Gasteiger partial charge in [-0.3, -0.25) is 14.4 Å². The fourth-order valence-corrected chi connectivity index (χ4v) is 4.52. The molecule has 7 heteroatoms. The lowest BCUT2D eigenvalue weighted by molar-refractivity contribution is -0.155. The van der Waals surface area contributed by atoms with Crippen molar-refractivity contribution in [1.29, 1.82) is 0 Å². The number of carbonyl (C=O) groups excluding carboxylic acids is 3. The molecule has 5 atom stereocenters. The second-order valence-corrected chi connectivity index (χ2v) is 8.03. The Kier molecular flexibility index (Phi) is 9.14. The van der Waals surface area contributed by atoms with E-state index in [4.69, 9.17) is 9.84 Å². The summed E-state index contributed by atoms with van der Waals surface area (Å²) in [6.07, 6.45) is 8.06. The summed E-state index contributed by atoms with van der Waals surface area (Å²) in [5.41, 5.74) is 0. The quantitative estimate of drug-likeness (QED) is 0.309. The van der Waals surface area contributed by atoms with Gasteiger partial charge in [-0.15, -0.1) is 0 Å². The van der Waals surface area contributed by atoms with Gasteiger partial charge in [0.15, 0.2) is 0 Å². The number of esters is 1. The lowest BCUT2D eigenvalue weighted by atomic mass is 9.70. The molecule has 2 amide bonds. The summed E-state index contributed by atoms with van der Waals surface area (Å²) in [7, 11) is 0. The van der Waals surface area contributed by atoms with Gasteiger partial charge in [0.1, 0.15) is 6.04 Å². The van der Waals surface area contributed by atoms with Gasteiger partial charge in [0.2, 0.25) is 11.8 Å². The minimum atomic E-state index is -0.617. The number of aliphatic hydroxyl groups is 1. The molecular formula is C22H36N2O5. The van der Waals surface area contributed by atoms with Crippen LogP contribution in [-0.2, 0) is 19.1 Å². The summed E-state index contributed by atoms with van der Waals surface area (Å²) >= 11 is 0. The van der Waals surface area contributed by atoms with Crippen molar-refractivity contribution in [1.82, 2.24) is 10.2 Å². The first-order valence-electron chi connectivity index (χ1n) is 11.0. The highest BCUT2D eigenvalue weighted by Crippen LogP contribution is 2.44. The average Bonchev–Trinajstić information content (AvgIpc) is 2.97. The van der Waals surface area contributed by atoms with E-state index in [9.17, 15) is 14.4 Å². The van der Waals surface area contributed by atoms with Crippen molar-refractivity contribution in [2.75, 3.05) is 26.3 Å². The Morgan fingerprint density at radius 3 is 2.59 bits per heavy atom. The second kappa shape index (κ2) is 11.3. The second-order valence-electron chi connectivity index (χ2n) is 8.03. The third kappa shape index (κ3) is 5.38. The minimum absolute atomic E-state index is 0.0468. The minimum Gasteiger partial charge on any atom is -0.466 e. The molecule has 0 radical (unpaired) electrons. The number of allylic oxidation sites excluding steroid dienone is 1. The van der Waals surface area contributed by atoms with Crippen LogP contribution in [0.3, 0.4) is 0 Å². The third-order valence-corrected chi connectivity index (χ3v) is 5.99. The maximum absolute atomic E-state index is 13.3. The van der Waals surface area contributed by atoms with E-state index < -0.39 is 17.9 Å². The Morgan fingerprint density at radius 1 is 1.17 bits per heavy atom. The number of aliphatic hydroxyl groups excluding tert-OH is 1. The van der Waals surface area contributed by atoms with Gasteiger partial charge in [0.25, 0.3) is 0 Å². The van der Waals surface area contributed by atoms with Crippen LogP contribution in [0.1, 0.15) is 52.9 Å². The Bertz CT molecular complexity index is 606. The molecule has 1 heterocycles. The number of carbonyl (C=O) groups is 3. The zero-order valence-electron chi connectivity index (χ0n) is 17.9. The normalized spacial score (nSPS) is 28.3. The molecule has 0 bridgehead atoms. The summed E-state index contributed by atoms with van der Waals surface area (Å²) in [6.45, 7) is 7.06. The summed E-state index contributed by atoms with van der Waals surface area (Å²) in [4.78, 5) is 40.6. The molecule has 0 saturated carbocycles. The Labute approximate surface area is 173 Å². The maximum atomic E-state index is 13.3. The molecule has 1 saturated heterocycles. The number of ether oxygens (including phenoxy) is 1. The molecule has 0 aromatic rings. The fourth-order valence-electron chi connectivity index (χ4n) is 4.52. The van der Waals surface area contributed by atoms with Gasteiger partial charge in [0, 0.05) is 25.6 Å². The van der Waals surface area contributed by atoms with Gasteiger partial charge in [-0.2, -0.15) is 0 Å². The summed E-state index contributed by atoms with van der Waals surface area (Å²) in [5, 5.41) is 12.1. The zero-order valence-corrected chi connectivity index (χ0v) is 17.9. The lowest BCUT2D eigenvalue weighted by Crippen LogP contribution is -2.47. The summed E-state index contributed by atoms with van der Waals surface area (Å²) in [5.74, 6) is -2.29. The van der Waals surface area contributed by atoms with E-state index in [1.807, 2.05) is 19.1 Å². The number of amides is 2. The molecule has 2 N–H and O–H groups in total. The predicted octanol–water partition coefficient (Wildman–Crippen LogP) is 1.89. The van der Waals surface area contributed by atoms with E-state index in [-0.39, 0.29) is 42.8 Å². The number of hydrogen-bond donors (Lipinski definition) is 2. The number of fused-ring (bicyclic) bond motifs is 1. The van der Waals surface area contributed by atoms with Crippen LogP contribution in [-0.4, -0.2) is 60.1 Å². The zero-order chi connectivity index (χ0) is 21.4. The Balaban J connectivity index is 2.26. The molecule has 2 aliphatic rings. The van der Waals surface area contributed by atoms with Gasteiger partial charge < -0.3 is 20.1 Å². The number of likely N-dealkylation sites (tertiary alicyclic amines) is 1. The van der Waals surface area contributed by atoms with Gasteiger partial charge in [0.05, 0.1) is 18.4 Å².